The average molecular weight is 1110 g/mol. The van der Waals surface area contributed by atoms with Crippen molar-refractivity contribution in [2.24, 2.45) is 0 Å². The molecule has 7 aromatic carbocycles. The van der Waals surface area contributed by atoms with Crippen LogP contribution in [0.5, 0.6) is 0 Å². The summed E-state index contributed by atoms with van der Waals surface area (Å²) in [5.74, 6) is 0. The van der Waals surface area contributed by atoms with Gasteiger partial charge in [0.15, 0.2) is 0 Å². The zero-order valence-electron chi connectivity index (χ0n) is 35.4. The molecule has 0 unspecified atom stereocenters. The van der Waals surface area contributed by atoms with Crippen LogP contribution in [0.25, 0.3) is 44.5 Å². The number of aryl methyl sites for hydroxylation is 5. The van der Waals surface area contributed by atoms with Gasteiger partial charge in [0.25, 0.3) is 0 Å². The Labute approximate surface area is 389 Å². The van der Waals surface area contributed by atoms with Crippen LogP contribution in [0.4, 0.5) is 0 Å². The first-order chi connectivity index (χ1) is 27.5. The van der Waals surface area contributed by atoms with Crippen molar-refractivity contribution in [2.75, 3.05) is 0 Å². The molecule has 0 aromatic heterocycles. The molecule has 0 aliphatic rings. The Kier molecular flexibility index (Phi) is 23.6. The van der Waals surface area contributed by atoms with Gasteiger partial charge in [-0.25, -0.2) is 0 Å². The summed E-state index contributed by atoms with van der Waals surface area (Å²) >= 11 is 11.5. The van der Waals surface area contributed by atoms with Crippen LogP contribution in [0.2, 0.25) is 0 Å². The van der Waals surface area contributed by atoms with Gasteiger partial charge < -0.3 is 0 Å². The van der Waals surface area contributed by atoms with E-state index >= 15 is 0 Å². The molecule has 0 nitrogen and oxygen atoms in total. The molecule has 0 N–H and O–H groups in total. The Morgan fingerprint density at radius 3 is 0.772 bits per heavy atom. The maximum atomic E-state index is 3.45. The lowest BCUT2D eigenvalue weighted by molar-refractivity contribution is 1.38. The Bertz CT molecular complexity index is 2050. The second-order valence-electron chi connectivity index (χ2n) is 12.6. The fourth-order valence-corrected chi connectivity index (χ4v) is 8.45. The van der Waals surface area contributed by atoms with Crippen LogP contribution in [-0.2, 0) is 0 Å². The average Bonchev–Trinajstić information content (AvgIpc) is 3.25. The highest BCUT2D eigenvalue weighted by molar-refractivity contribution is 14.1. The van der Waals surface area contributed by atoms with Gasteiger partial charge in [-0.05, 0) is 191 Å². The van der Waals surface area contributed by atoms with Gasteiger partial charge in [0.1, 0.15) is 0 Å². The van der Waals surface area contributed by atoms with E-state index in [1.54, 1.807) is 0 Å². The van der Waals surface area contributed by atoms with Gasteiger partial charge in [0.05, 0.1) is 0 Å². The number of benzene rings is 7. The largest absolute Gasteiger partial charge is 0.0683 e. The zero-order valence-corrected chi connectivity index (χ0v) is 42.9. The standard InChI is InChI=1S/C34H30.C7H8.C6H2Br2I2.3C2H6/c1-23-21-33(25(3)19-31(23)27-11-7-5-8-12-27)29-15-17-30(18-16-29)34-22-24(2)32(20-26(34)4)28-13-9-6-10-14-28;1-7-5-3-2-4-6-7;7-3-1-5(9)4(8)2-6(3)10;3*1-2/h5-22H,1-4H3;2-6H,1H3;1-2H;3*1-2H3. The van der Waals surface area contributed by atoms with E-state index < -0.39 is 0 Å². The van der Waals surface area contributed by atoms with Crippen molar-refractivity contribution >= 4 is 77.0 Å². The first-order valence-electron chi connectivity index (χ1n) is 19.8. The summed E-state index contributed by atoms with van der Waals surface area (Å²) in [7, 11) is 0. The molecule has 7 rings (SSSR count). The highest BCUT2D eigenvalue weighted by Crippen LogP contribution is 2.35. The topological polar surface area (TPSA) is 0 Å². The minimum atomic E-state index is 1.15. The smallest absolute Gasteiger partial charge is 0.0320 e. The predicted molar refractivity (Wildman–Crippen MR) is 280 cm³/mol. The van der Waals surface area contributed by atoms with E-state index in [1.165, 1.54) is 79.5 Å². The van der Waals surface area contributed by atoms with Gasteiger partial charge in [-0.2, -0.15) is 0 Å². The van der Waals surface area contributed by atoms with Crippen LogP contribution < -0.4 is 0 Å². The lowest BCUT2D eigenvalue weighted by Crippen LogP contribution is -1.92. The van der Waals surface area contributed by atoms with Crippen molar-refractivity contribution in [3.8, 4) is 44.5 Å². The fourth-order valence-electron chi connectivity index (χ4n) is 5.97. The summed E-state index contributed by atoms with van der Waals surface area (Å²) in [4.78, 5) is 0. The third-order valence-corrected chi connectivity index (χ3v) is 13.3. The molecule has 0 amide bonds. The number of hydrogen-bond acceptors (Lipinski definition) is 0. The molecule has 7 aromatic rings. The molecule has 4 heteroatoms. The molecular weight excluding hydrogens is 1050 g/mol. The van der Waals surface area contributed by atoms with Gasteiger partial charge in [-0.1, -0.05) is 187 Å². The summed E-state index contributed by atoms with van der Waals surface area (Å²) in [5.41, 5.74) is 16.8. The van der Waals surface area contributed by atoms with Gasteiger partial charge >= 0.3 is 0 Å². The number of rotatable bonds is 4. The minimum absolute atomic E-state index is 1.15. The Balaban J connectivity index is 0.000000398. The van der Waals surface area contributed by atoms with E-state index in [4.69, 9.17) is 0 Å². The summed E-state index contributed by atoms with van der Waals surface area (Å²) in [6, 6.07) is 54.1. The van der Waals surface area contributed by atoms with Crippen molar-refractivity contribution in [1.29, 1.82) is 0 Å². The van der Waals surface area contributed by atoms with Crippen LogP contribution in [0, 0.1) is 41.8 Å². The van der Waals surface area contributed by atoms with E-state index in [1.807, 2.05) is 59.7 Å². The molecule has 0 spiro atoms. The van der Waals surface area contributed by atoms with Crippen molar-refractivity contribution in [2.45, 2.75) is 76.2 Å². The molecule has 298 valence electrons. The summed E-state index contributed by atoms with van der Waals surface area (Å²) in [6.45, 7) is 22.9. The molecule has 0 saturated carbocycles. The highest BCUT2D eigenvalue weighted by atomic mass is 127. The third-order valence-electron chi connectivity index (χ3n) is 8.72. The quantitative estimate of drug-likeness (QED) is 0.122. The summed E-state index contributed by atoms with van der Waals surface area (Å²) < 4.78 is 4.76. The number of halogens is 4. The van der Waals surface area contributed by atoms with Crippen LogP contribution in [0.15, 0.2) is 161 Å². The maximum absolute atomic E-state index is 3.45. The molecule has 0 aliphatic carbocycles. The highest BCUT2D eigenvalue weighted by Gasteiger charge is 2.11. The molecule has 0 saturated heterocycles. The van der Waals surface area contributed by atoms with Crippen molar-refractivity contribution in [1.82, 2.24) is 0 Å². The van der Waals surface area contributed by atoms with Gasteiger partial charge in [0.2, 0.25) is 0 Å². The Morgan fingerprint density at radius 1 is 0.316 bits per heavy atom. The third kappa shape index (κ3) is 15.3. The van der Waals surface area contributed by atoms with Crippen LogP contribution in [0.1, 0.15) is 69.4 Å². The van der Waals surface area contributed by atoms with Crippen molar-refractivity contribution < 1.29 is 0 Å². The SMILES string of the molecule is Brc1cc(I)c(Br)cc1I.CC.CC.CC.Cc1cc(-c2ccc(-c3cc(C)c(-c4ccccc4)cc3C)cc2)c(C)cc1-c1ccccc1.Cc1ccccc1. The van der Waals surface area contributed by atoms with Gasteiger partial charge in [0, 0.05) is 16.1 Å². The zero-order chi connectivity index (χ0) is 42.5. The van der Waals surface area contributed by atoms with Gasteiger partial charge in [-0.15, -0.1) is 0 Å². The van der Waals surface area contributed by atoms with E-state index in [0.29, 0.717) is 0 Å². The molecule has 0 bridgehead atoms. The Morgan fingerprint density at radius 2 is 0.544 bits per heavy atom. The molecule has 0 atom stereocenters. The van der Waals surface area contributed by atoms with Crippen LogP contribution in [0.3, 0.4) is 0 Å². The Hall–Kier alpha value is -3.04. The lowest BCUT2D eigenvalue weighted by atomic mass is 9.89. The van der Waals surface area contributed by atoms with Crippen LogP contribution in [-0.4, -0.2) is 0 Å². The molecule has 0 heterocycles. The molecule has 57 heavy (non-hydrogen) atoms. The molecule has 0 radical (unpaired) electrons. The maximum Gasteiger partial charge on any atom is 0.0320 e. The first-order valence-corrected chi connectivity index (χ1v) is 23.5. The second-order valence-corrected chi connectivity index (χ2v) is 16.6. The van der Waals surface area contributed by atoms with E-state index in [0.717, 1.165) is 8.95 Å². The monoisotopic (exact) mass is 1110 g/mol. The molecule has 0 fully saturated rings. The van der Waals surface area contributed by atoms with Gasteiger partial charge in [-0.3, -0.25) is 0 Å². The van der Waals surface area contributed by atoms with E-state index in [-0.39, 0.29) is 0 Å². The molecular formula is C53H58Br2I2. The minimum Gasteiger partial charge on any atom is -0.0683 e. The van der Waals surface area contributed by atoms with E-state index in [2.05, 4.69) is 245 Å². The summed E-state index contributed by atoms with van der Waals surface area (Å²) in [5, 5.41) is 0. The van der Waals surface area contributed by atoms with Crippen molar-refractivity contribution in [3.05, 3.63) is 196 Å². The second kappa shape index (κ2) is 26.9. The van der Waals surface area contributed by atoms with Crippen molar-refractivity contribution in [3.63, 3.8) is 0 Å². The predicted octanol–water partition coefficient (Wildman–Crippen LogP) is 19.1. The van der Waals surface area contributed by atoms with Crippen LogP contribution >= 0.6 is 77.0 Å². The normalized spacial score (nSPS) is 9.67. The fraction of sp³-hybridized carbons (Fsp3) is 0.208. The van der Waals surface area contributed by atoms with E-state index in [9.17, 15) is 0 Å². The first kappa shape index (κ1) is 50.1. The number of hydrogen-bond donors (Lipinski definition) is 0. The molecule has 0 aliphatic heterocycles. The summed E-state index contributed by atoms with van der Waals surface area (Å²) in [6.07, 6.45) is 0. The lowest BCUT2D eigenvalue weighted by Gasteiger charge is -2.15.